The Morgan fingerprint density at radius 3 is 2.92 bits per heavy atom. The van der Waals surface area contributed by atoms with Gasteiger partial charge < -0.3 is 5.32 Å². The van der Waals surface area contributed by atoms with Crippen molar-refractivity contribution in [2.75, 3.05) is 13.1 Å². The van der Waals surface area contributed by atoms with Crippen molar-refractivity contribution in [1.82, 2.24) is 10.7 Å². The van der Waals surface area contributed by atoms with Gasteiger partial charge in [-0.3, -0.25) is 10.2 Å². The average molecular weight is 171 g/mol. The fourth-order valence-corrected chi connectivity index (χ4v) is 1.90. The highest BCUT2D eigenvalue weighted by Gasteiger charge is 2.39. The Bertz CT molecular complexity index is 164. The van der Waals surface area contributed by atoms with Crippen LogP contribution < -0.4 is 16.6 Å². The zero-order chi connectivity index (χ0) is 9.03. The molecule has 1 unspecified atom stereocenters. The maximum atomic E-state index is 11.4. The summed E-state index contributed by atoms with van der Waals surface area (Å²) in [6.45, 7) is 3.78. The van der Waals surface area contributed by atoms with E-state index >= 15 is 0 Å². The molecule has 1 rings (SSSR count). The van der Waals surface area contributed by atoms with E-state index in [1.165, 1.54) is 0 Å². The third kappa shape index (κ3) is 1.59. The number of hydrogen-bond donors (Lipinski definition) is 3. The molecule has 0 aromatic heterocycles. The standard InChI is InChI=1S/C8H17N3O/c1-2-3-8(7(12)11-9)4-5-10-6-8/h10H,2-6,9H2,1H3,(H,11,12). The molecule has 1 fully saturated rings. The molecule has 0 spiro atoms. The van der Waals surface area contributed by atoms with Crippen molar-refractivity contribution in [2.24, 2.45) is 11.3 Å². The Hall–Kier alpha value is -0.610. The lowest BCUT2D eigenvalue weighted by molar-refractivity contribution is -0.130. The monoisotopic (exact) mass is 171 g/mol. The Morgan fingerprint density at radius 1 is 1.75 bits per heavy atom. The van der Waals surface area contributed by atoms with Crippen molar-refractivity contribution in [3.63, 3.8) is 0 Å². The zero-order valence-electron chi connectivity index (χ0n) is 7.52. The molecule has 12 heavy (non-hydrogen) atoms. The highest BCUT2D eigenvalue weighted by atomic mass is 16.2. The van der Waals surface area contributed by atoms with Crippen LogP contribution in [-0.2, 0) is 4.79 Å². The van der Waals surface area contributed by atoms with Gasteiger partial charge in [-0.1, -0.05) is 13.3 Å². The fraction of sp³-hybridized carbons (Fsp3) is 0.875. The summed E-state index contributed by atoms with van der Waals surface area (Å²) in [6.07, 6.45) is 2.85. The van der Waals surface area contributed by atoms with Crippen molar-refractivity contribution in [3.8, 4) is 0 Å². The van der Waals surface area contributed by atoms with Gasteiger partial charge in [0, 0.05) is 6.54 Å². The van der Waals surface area contributed by atoms with Crippen LogP contribution in [0.5, 0.6) is 0 Å². The minimum Gasteiger partial charge on any atom is -0.316 e. The number of nitrogens with two attached hydrogens (primary N) is 1. The first-order chi connectivity index (χ1) is 5.75. The summed E-state index contributed by atoms with van der Waals surface area (Å²) in [7, 11) is 0. The maximum absolute atomic E-state index is 11.4. The Morgan fingerprint density at radius 2 is 2.50 bits per heavy atom. The number of carbonyl (C=O) groups is 1. The number of carbonyl (C=O) groups excluding carboxylic acids is 1. The van der Waals surface area contributed by atoms with Crippen LogP contribution in [0.2, 0.25) is 0 Å². The molecule has 0 radical (unpaired) electrons. The van der Waals surface area contributed by atoms with Crippen LogP contribution in [-0.4, -0.2) is 19.0 Å². The number of hydrazine groups is 1. The Balaban J connectivity index is 2.64. The van der Waals surface area contributed by atoms with E-state index in [4.69, 9.17) is 5.84 Å². The number of rotatable bonds is 3. The highest BCUT2D eigenvalue weighted by molar-refractivity contribution is 5.82. The van der Waals surface area contributed by atoms with E-state index < -0.39 is 0 Å². The van der Waals surface area contributed by atoms with Gasteiger partial charge >= 0.3 is 0 Å². The largest absolute Gasteiger partial charge is 0.316 e. The van der Waals surface area contributed by atoms with E-state index in [1.807, 2.05) is 0 Å². The van der Waals surface area contributed by atoms with Gasteiger partial charge in [0.05, 0.1) is 5.41 Å². The normalized spacial score (nSPS) is 28.8. The van der Waals surface area contributed by atoms with Gasteiger partial charge in [0.2, 0.25) is 5.91 Å². The minimum atomic E-state index is -0.233. The Labute approximate surface area is 72.9 Å². The first kappa shape index (κ1) is 9.48. The van der Waals surface area contributed by atoms with Gasteiger partial charge in [0.25, 0.3) is 0 Å². The summed E-state index contributed by atoms with van der Waals surface area (Å²) in [5.41, 5.74) is 2.02. The van der Waals surface area contributed by atoms with Crippen molar-refractivity contribution in [2.45, 2.75) is 26.2 Å². The molecule has 1 atom stereocenters. The van der Waals surface area contributed by atoms with Gasteiger partial charge in [0.1, 0.15) is 0 Å². The van der Waals surface area contributed by atoms with E-state index in [1.54, 1.807) is 0 Å². The van der Waals surface area contributed by atoms with Gasteiger partial charge in [-0.25, -0.2) is 5.84 Å². The molecule has 1 heterocycles. The second-order valence-electron chi connectivity index (χ2n) is 3.43. The Kier molecular flexibility index (Phi) is 3.05. The number of nitrogens with one attached hydrogen (secondary N) is 2. The molecule has 4 heteroatoms. The molecule has 0 aromatic carbocycles. The molecule has 1 saturated heterocycles. The molecule has 70 valence electrons. The lowest BCUT2D eigenvalue weighted by atomic mass is 9.82. The number of hydrogen-bond acceptors (Lipinski definition) is 3. The first-order valence-electron chi connectivity index (χ1n) is 4.47. The molecule has 0 aromatic rings. The lowest BCUT2D eigenvalue weighted by Crippen LogP contribution is -2.45. The topological polar surface area (TPSA) is 67.2 Å². The molecule has 4 N–H and O–H groups in total. The van der Waals surface area contributed by atoms with Crippen molar-refractivity contribution >= 4 is 5.91 Å². The molecule has 4 nitrogen and oxygen atoms in total. The van der Waals surface area contributed by atoms with Gasteiger partial charge in [-0.05, 0) is 19.4 Å². The molecule has 1 aliphatic heterocycles. The van der Waals surface area contributed by atoms with Crippen LogP contribution in [0.4, 0.5) is 0 Å². The van der Waals surface area contributed by atoms with Crippen LogP contribution in [0.25, 0.3) is 0 Å². The van der Waals surface area contributed by atoms with E-state index in [2.05, 4.69) is 17.7 Å². The SMILES string of the molecule is CCCC1(C(=O)NN)CCNC1. The fourth-order valence-electron chi connectivity index (χ4n) is 1.90. The third-order valence-corrected chi connectivity index (χ3v) is 2.59. The predicted molar refractivity (Wildman–Crippen MR) is 47.2 cm³/mol. The van der Waals surface area contributed by atoms with Gasteiger partial charge in [-0.15, -0.1) is 0 Å². The molecule has 0 saturated carbocycles. The van der Waals surface area contributed by atoms with Gasteiger partial charge in [-0.2, -0.15) is 0 Å². The van der Waals surface area contributed by atoms with Crippen LogP contribution in [0, 0.1) is 5.41 Å². The first-order valence-corrected chi connectivity index (χ1v) is 4.47. The summed E-state index contributed by atoms with van der Waals surface area (Å²) in [5.74, 6) is 5.12. The summed E-state index contributed by atoms with van der Waals surface area (Å²) >= 11 is 0. The molecule has 1 aliphatic rings. The smallest absolute Gasteiger partial charge is 0.241 e. The van der Waals surface area contributed by atoms with Crippen molar-refractivity contribution in [3.05, 3.63) is 0 Å². The summed E-state index contributed by atoms with van der Waals surface area (Å²) < 4.78 is 0. The number of amides is 1. The quantitative estimate of drug-likeness (QED) is 0.312. The van der Waals surface area contributed by atoms with Gasteiger partial charge in [0.15, 0.2) is 0 Å². The average Bonchev–Trinajstić information content (AvgIpc) is 2.53. The van der Waals surface area contributed by atoms with Crippen molar-refractivity contribution < 1.29 is 4.79 Å². The third-order valence-electron chi connectivity index (χ3n) is 2.59. The molecule has 1 amide bonds. The van der Waals surface area contributed by atoms with Crippen LogP contribution >= 0.6 is 0 Å². The maximum Gasteiger partial charge on any atom is 0.241 e. The molecule has 0 aliphatic carbocycles. The molecular formula is C8H17N3O. The van der Waals surface area contributed by atoms with Crippen LogP contribution in [0.15, 0.2) is 0 Å². The van der Waals surface area contributed by atoms with E-state index in [9.17, 15) is 4.79 Å². The second kappa shape index (κ2) is 3.87. The highest BCUT2D eigenvalue weighted by Crippen LogP contribution is 2.30. The summed E-state index contributed by atoms with van der Waals surface area (Å²) in [5, 5.41) is 3.20. The predicted octanol–water partition coefficient (Wildman–Crippen LogP) is -0.244. The van der Waals surface area contributed by atoms with Crippen molar-refractivity contribution in [1.29, 1.82) is 0 Å². The van der Waals surface area contributed by atoms with E-state index in [-0.39, 0.29) is 11.3 Å². The lowest BCUT2D eigenvalue weighted by Gasteiger charge is -2.24. The zero-order valence-corrected chi connectivity index (χ0v) is 7.52. The molecular weight excluding hydrogens is 154 g/mol. The molecule has 0 bridgehead atoms. The van der Waals surface area contributed by atoms with E-state index in [0.29, 0.717) is 0 Å². The van der Waals surface area contributed by atoms with Crippen LogP contribution in [0.3, 0.4) is 0 Å². The second-order valence-corrected chi connectivity index (χ2v) is 3.43. The summed E-state index contributed by atoms with van der Waals surface area (Å²) in [4.78, 5) is 11.4. The summed E-state index contributed by atoms with van der Waals surface area (Å²) in [6, 6.07) is 0. The van der Waals surface area contributed by atoms with E-state index in [0.717, 1.165) is 32.4 Å². The van der Waals surface area contributed by atoms with Crippen LogP contribution in [0.1, 0.15) is 26.2 Å². The minimum absolute atomic E-state index is 0.0191.